The maximum Gasteiger partial charge on any atom is 0.262 e. The number of amides is 1. The normalized spacial score (nSPS) is 15.0. The van der Waals surface area contributed by atoms with Gasteiger partial charge in [0.2, 0.25) is 0 Å². The average molecular weight is 421 g/mol. The number of aromatic nitrogens is 2. The summed E-state index contributed by atoms with van der Waals surface area (Å²) in [4.78, 5) is 19.8. The number of nitrogens with zero attached hydrogens (tertiary/aromatic N) is 3. The first kappa shape index (κ1) is 21.4. The van der Waals surface area contributed by atoms with Crippen LogP contribution in [-0.2, 0) is 17.9 Å². The molecule has 6 nitrogen and oxygen atoms in total. The molecule has 3 aromatic rings. The molecule has 6 heteroatoms. The minimum absolute atomic E-state index is 0.0227. The maximum atomic E-state index is 12.4. The van der Waals surface area contributed by atoms with Crippen LogP contribution in [0.2, 0.25) is 0 Å². The van der Waals surface area contributed by atoms with Crippen molar-refractivity contribution in [3.8, 4) is 5.75 Å². The molecule has 1 amide bonds. The van der Waals surface area contributed by atoms with Gasteiger partial charge in [-0.05, 0) is 75.7 Å². The van der Waals surface area contributed by atoms with Crippen LogP contribution in [0.5, 0.6) is 5.75 Å². The van der Waals surface area contributed by atoms with Gasteiger partial charge in [-0.3, -0.25) is 9.69 Å². The number of imidazole rings is 1. The Labute approximate surface area is 184 Å². The fraction of sp³-hybridized carbons (Fsp3) is 0.440. The standard InChI is InChI=1S/C25H32N4O2/c1-3-29-23-12-11-20(26-25(30)18-31-21-10-8-9-19(2)15-21)16-22(23)27-24(29)17-28-13-6-4-5-7-14-28/h8-12,15-16H,3-7,13-14,17-18H2,1-2H3,(H,26,30). The number of fused-ring (bicyclic) bond motifs is 1. The van der Waals surface area contributed by atoms with Crippen LogP contribution in [-0.4, -0.2) is 40.1 Å². The van der Waals surface area contributed by atoms with Gasteiger partial charge < -0.3 is 14.6 Å². The van der Waals surface area contributed by atoms with Gasteiger partial charge in [-0.15, -0.1) is 0 Å². The zero-order valence-corrected chi connectivity index (χ0v) is 18.6. The highest BCUT2D eigenvalue weighted by molar-refractivity contribution is 5.94. The van der Waals surface area contributed by atoms with Crippen molar-refractivity contribution in [2.75, 3.05) is 25.0 Å². The minimum atomic E-state index is -0.180. The maximum absolute atomic E-state index is 12.4. The Bertz CT molecular complexity index is 1040. The van der Waals surface area contributed by atoms with Gasteiger partial charge in [0.15, 0.2) is 6.61 Å². The lowest BCUT2D eigenvalue weighted by Gasteiger charge is -2.19. The zero-order valence-electron chi connectivity index (χ0n) is 18.6. The average Bonchev–Trinajstić information content (AvgIpc) is 2.90. The number of aryl methyl sites for hydroxylation is 2. The Morgan fingerprint density at radius 3 is 2.65 bits per heavy atom. The van der Waals surface area contributed by atoms with E-state index in [1.807, 2.05) is 43.3 Å². The number of anilines is 1. The zero-order chi connectivity index (χ0) is 21.6. The highest BCUT2D eigenvalue weighted by Gasteiger charge is 2.16. The third-order valence-electron chi connectivity index (χ3n) is 5.85. The number of hydrogen-bond acceptors (Lipinski definition) is 4. The second-order valence-electron chi connectivity index (χ2n) is 8.32. The molecule has 0 unspecified atom stereocenters. The fourth-order valence-electron chi connectivity index (χ4n) is 4.28. The Kier molecular flexibility index (Phi) is 6.87. The van der Waals surface area contributed by atoms with Crippen LogP contribution in [0.25, 0.3) is 11.0 Å². The van der Waals surface area contributed by atoms with Crippen LogP contribution in [0.15, 0.2) is 42.5 Å². The lowest BCUT2D eigenvalue weighted by atomic mass is 10.2. The van der Waals surface area contributed by atoms with E-state index in [0.717, 1.165) is 54.3 Å². The van der Waals surface area contributed by atoms with E-state index in [1.165, 1.54) is 25.7 Å². The topological polar surface area (TPSA) is 59.4 Å². The summed E-state index contributed by atoms with van der Waals surface area (Å²) in [5.74, 6) is 1.62. The number of rotatable bonds is 7. The third-order valence-corrected chi connectivity index (χ3v) is 5.85. The molecule has 2 aromatic carbocycles. The monoisotopic (exact) mass is 420 g/mol. The lowest BCUT2D eigenvalue weighted by molar-refractivity contribution is -0.118. The first-order chi connectivity index (χ1) is 15.1. The summed E-state index contributed by atoms with van der Waals surface area (Å²) < 4.78 is 7.89. The van der Waals surface area contributed by atoms with Crippen molar-refractivity contribution in [2.45, 2.75) is 52.6 Å². The van der Waals surface area contributed by atoms with Crippen molar-refractivity contribution in [1.29, 1.82) is 0 Å². The molecule has 31 heavy (non-hydrogen) atoms. The van der Waals surface area contributed by atoms with Gasteiger partial charge in [-0.2, -0.15) is 0 Å². The van der Waals surface area contributed by atoms with Crippen LogP contribution in [0, 0.1) is 6.92 Å². The molecule has 1 fully saturated rings. The highest BCUT2D eigenvalue weighted by Crippen LogP contribution is 2.23. The third kappa shape index (κ3) is 5.44. The largest absolute Gasteiger partial charge is 0.484 e. The summed E-state index contributed by atoms with van der Waals surface area (Å²) in [5, 5.41) is 2.93. The molecule has 1 N–H and O–H groups in total. The number of carbonyl (C=O) groups is 1. The summed E-state index contributed by atoms with van der Waals surface area (Å²) in [5.41, 5.74) is 3.88. The Morgan fingerprint density at radius 2 is 1.90 bits per heavy atom. The quantitative estimate of drug-likeness (QED) is 0.599. The van der Waals surface area contributed by atoms with Gasteiger partial charge in [0, 0.05) is 12.2 Å². The van der Waals surface area contributed by atoms with Crippen LogP contribution in [0.3, 0.4) is 0 Å². The Hall–Kier alpha value is -2.86. The van der Waals surface area contributed by atoms with Crippen LogP contribution in [0.4, 0.5) is 5.69 Å². The van der Waals surface area contributed by atoms with E-state index in [-0.39, 0.29) is 12.5 Å². The smallest absolute Gasteiger partial charge is 0.262 e. The molecule has 0 radical (unpaired) electrons. The number of ether oxygens (including phenoxy) is 1. The fourth-order valence-corrected chi connectivity index (χ4v) is 4.28. The van der Waals surface area contributed by atoms with Gasteiger partial charge in [0.1, 0.15) is 11.6 Å². The number of likely N-dealkylation sites (tertiary alicyclic amines) is 1. The van der Waals surface area contributed by atoms with E-state index in [1.54, 1.807) is 0 Å². The number of carbonyl (C=O) groups excluding carboxylic acids is 1. The first-order valence-corrected chi connectivity index (χ1v) is 11.3. The van der Waals surface area contributed by atoms with Gasteiger partial charge >= 0.3 is 0 Å². The van der Waals surface area contributed by atoms with Crippen molar-refractivity contribution in [3.05, 3.63) is 53.9 Å². The predicted molar refractivity (Wildman–Crippen MR) is 124 cm³/mol. The highest BCUT2D eigenvalue weighted by atomic mass is 16.5. The summed E-state index contributed by atoms with van der Waals surface area (Å²) in [6, 6.07) is 13.6. The molecule has 1 aliphatic rings. The van der Waals surface area contributed by atoms with Gasteiger partial charge in [0.25, 0.3) is 5.91 Å². The SMILES string of the molecule is CCn1c(CN2CCCCCC2)nc2cc(NC(=O)COc3cccc(C)c3)ccc21. The molecule has 0 spiro atoms. The van der Waals surface area contributed by atoms with Crippen molar-refractivity contribution >= 4 is 22.6 Å². The lowest BCUT2D eigenvalue weighted by Crippen LogP contribution is -2.25. The summed E-state index contributed by atoms with van der Waals surface area (Å²) in [6.07, 6.45) is 5.20. The van der Waals surface area contributed by atoms with E-state index < -0.39 is 0 Å². The van der Waals surface area contributed by atoms with Crippen molar-refractivity contribution in [2.24, 2.45) is 0 Å². The molecule has 1 aromatic heterocycles. The first-order valence-electron chi connectivity index (χ1n) is 11.3. The summed E-state index contributed by atoms with van der Waals surface area (Å²) >= 11 is 0. The Morgan fingerprint density at radius 1 is 1.10 bits per heavy atom. The number of nitrogens with one attached hydrogen (secondary N) is 1. The molecule has 2 heterocycles. The molecule has 4 rings (SSSR count). The molecular weight excluding hydrogens is 388 g/mol. The van der Waals surface area contributed by atoms with Crippen LogP contribution < -0.4 is 10.1 Å². The van der Waals surface area contributed by atoms with Crippen LogP contribution in [0.1, 0.15) is 44.0 Å². The van der Waals surface area contributed by atoms with Crippen molar-refractivity contribution < 1.29 is 9.53 Å². The van der Waals surface area contributed by atoms with E-state index in [9.17, 15) is 4.79 Å². The van der Waals surface area contributed by atoms with Gasteiger partial charge in [0.05, 0.1) is 17.6 Å². The molecule has 164 valence electrons. The van der Waals surface area contributed by atoms with E-state index in [0.29, 0.717) is 5.75 Å². The number of benzene rings is 2. The summed E-state index contributed by atoms with van der Waals surface area (Å²) in [7, 11) is 0. The van der Waals surface area contributed by atoms with E-state index in [4.69, 9.17) is 9.72 Å². The minimum Gasteiger partial charge on any atom is -0.484 e. The molecule has 1 saturated heterocycles. The van der Waals surface area contributed by atoms with E-state index in [2.05, 4.69) is 27.8 Å². The van der Waals surface area contributed by atoms with E-state index >= 15 is 0 Å². The predicted octanol–water partition coefficient (Wildman–Crippen LogP) is 4.76. The summed E-state index contributed by atoms with van der Waals surface area (Å²) in [6.45, 7) is 8.20. The Balaban J connectivity index is 1.43. The van der Waals surface area contributed by atoms with Gasteiger partial charge in [-0.1, -0.05) is 25.0 Å². The second kappa shape index (κ2) is 9.96. The molecule has 0 atom stereocenters. The molecule has 0 saturated carbocycles. The van der Waals surface area contributed by atoms with Gasteiger partial charge in [-0.25, -0.2) is 4.98 Å². The van der Waals surface area contributed by atoms with Crippen molar-refractivity contribution in [3.63, 3.8) is 0 Å². The number of hydrogen-bond donors (Lipinski definition) is 1. The molecule has 0 bridgehead atoms. The molecule has 0 aliphatic carbocycles. The molecular formula is C25H32N4O2. The van der Waals surface area contributed by atoms with Crippen LogP contribution >= 0.6 is 0 Å². The second-order valence-corrected chi connectivity index (χ2v) is 8.32. The molecule has 1 aliphatic heterocycles. The van der Waals surface area contributed by atoms with Crippen molar-refractivity contribution in [1.82, 2.24) is 14.5 Å².